The molecule has 0 unspecified atom stereocenters. The lowest BCUT2D eigenvalue weighted by Crippen LogP contribution is -1.94. The zero-order valence-electron chi connectivity index (χ0n) is 9.38. The number of aromatic nitrogens is 2. The molecule has 0 amide bonds. The zero-order valence-corrected chi connectivity index (χ0v) is 9.38. The Morgan fingerprint density at radius 2 is 1.94 bits per heavy atom. The molecular formula is C12H14N2O2. The van der Waals surface area contributed by atoms with Gasteiger partial charge in [-0.1, -0.05) is 0 Å². The van der Waals surface area contributed by atoms with Crippen LogP contribution in [0.2, 0.25) is 0 Å². The van der Waals surface area contributed by atoms with Gasteiger partial charge in [0, 0.05) is 0 Å². The summed E-state index contributed by atoms with van der Waals surface area (Å²) in [4.78, 5) is 0. The quantitative estimate of drug-likeness (QED) is 0.789. The maximum absolute atomic E-state index is 5.34. The van der Waals surface area contributed by atoms with Gasteiger partial charge in [0.1, 0.15) is 5.75 Å². The minimum Gasteiger partial charge on any atom is -0.497 e. The average molecular weight is 218 g/mol. The van der Waals surface area contributed by atoms with Crippen molar-refractivity contribution in [1.82, 2.24) is 9.78 Å². The van der Waals surface area contributed by atoms with E-state index >= 15 is 0 Å². The largest absolute Gasteiger partial charge is 0.497 e. The molecule has 0 radical (unpaired) electrons. The molecule has 0 aliphatic rings. The number of hydrogen-bond donors (Lipinski definition) is 0. The highest BCUT2D eigenvalue weighted by molar-refractivity contribution is 5.37. The van der Waals surface area contributed by atoms with E-state index in [0.29, 0.717) is 6.61 Å². The van der Waals surface area contributed by atoms with E-state index in [9.17, 15) is 0 Å². The molecule has 0 spiro atoms. The van der Waals surface area contributed by atoms with Crippen LogP contribution in [0.5, 0.6) is 11.5 Å². The van der Waals surface area contributed by atoms with Crippen molar-refractivity contribution in [3.8, 4) is 17.2 Å². The van der Waals surface area contributed by atoms with Crippen molar-refractivity contribution in [3.63, 3.8) is 0 Å². The second-order valence-corrected chi connectivity index (χ2v) is 3.25. The molecule has 2 aromatic rings. The first-order valence-electron chi connectivity index (χ1n) is 5.15. The van der Waals surface area contributed by atoms with Crippen LogP contribution >= 0.6 is 0 Å². The van der Waals surface area contributed by atoms with Crippen LogP contribution in [0.15, 0.2) is 36.7 Å². The first-order chi connectivity index (χ1) is 7.83. The predicted molar refractivity (Wildman–Crippen MR) is 61.3 cm³/mol. The van der Waals surface area contributed by atoms with E-state index in [1.807, 2.05) is 37.4 Å². The third-order valence-electron chi connectivity index (χ3n) is 2.21. The Labute approximate surface area is 94.4 Å². The highest BCUT2D eigenvalue weighted by Gasteiger charge is 2.01. The van der Waals surface area contributed by atoms with Crippen LogP contribution in [-0.4, -0.2) is 23.5 Å². The fourth-order valence-electron chi connectivity index (χ4n) is 1.42. The van der Waals surface area contributed by atoms with E-state index in [4.69, 9.17) is 9.47 Å². The van der Waals surface area contributed by atoms with Gasteiger partial charge in [0.15, 0.2) is 5.75 Å². The molecule has 0 aliphatic heterocycles. The molecule has 2 rings (SSSR count). The topological polar surface area (TPSA) is 36.3 Å². The molecule has 0 N–H and O–H groups in total. The Morgan fingerprint density at radius 1 is 1.19 bits per heavy atom. The molecule has 0 atom stereocenters. The number of benzene rings is 1. The van der Waals surface area contributed by atoms with Crippen molar-refractivity contribution >= 4 is 0 Å². The maximum Gasteiger partial charge on any atom is 0.157 e. The molecule has 16 heavy (non-hydrogen) atoms. The molecule has 4 nitrogen and oxygen atoms in total. The van der Waals surface area contributed by atoms with Crippen molar-refractivity contribution in [2.75, 3.05) is 13.7 Å². The summed E-state index contributed by atoms with van der Waals surface area (Å²) in [5, 5.41) is 4.21. The van der Waals surface area contributed by atoms with Crippen molar-refractivity contribution in [2.45, 2.75) is 6.92 Å². The lowest BCUT2D eigenvalue weighted by atomic mass is 10.3. The third kappa shape index (κ3) is 2.16. The second kappa shape index (κ2) is 4.70. The van der Waals surface area contributed by atoms with Gasteiger partial charge in [-0.2, -0.15) is 5.10 Å². The lowest BCUT2D eigenvalue weighted by molar-refractivity contribution is 0.340. The minimum absolute atomic E-state index is 0.647. The van der Waals surface area contributed by atoms with Crippen LogP contribution in [-0.2, 0) is 0 Å². The van der Waals surface area contributed by atoms with Crippen LogP contribution in [0.3, 0.4) is 0 Å². The van der Waals surface area contributed by atoms with Crippen molar-refractivity contribution in [1.29, 1.82) is 0 Å². The minimum atomic E-state index is 0.647. The summed E-state index contributed by atoms with van der Waals surface area (Å²) >= 11 is 0. The van der Waals surface area contributed by atoms with E-state index in [-0.39, 0.29) is 0 Å². The Morgan fingerprint density at radius 3 is 2.56 bits per heavy atom. The standard InChI is InChI=1S/C12H14N2O2/c1-3-16-12-8-13-14(9-12)10-4-6-11(15-2)7-5-10/h4-9H,3H2,1-2H3. The number of ether oxygens (including phenoxy) is 2. The zero-order chi connectivity index (χ0) is 11.4. The van der Waals surface area contributed by atoms with Crippen molar-refractivity contribution < 1.29 is 9.47 Å². The molecule has 0 aliphatic carbocycles. The van der Waals surface area contributed by atoms with Crippen molar-refractivity contribution in [2.24, 2.45) is 0 Å². The molecule has 1 aromatic heterocycles. The lowest BCUT2D eigenvalue weighted by Gasteiger charge is -2.02. The fourth-order valence-corrected chi connectivity index (χ4v) is 1.42. The molecule has 0 saturated carbocycles. The van der Waals surface area contributed by atoms with Gasteiger partial charge < -0.3 is 9.47 Å². The van der Waals surface area contributed by atoms with Crippen LogP contribution in [0.25, 0.3) is 5.69 Å². The number of nitrogens with zero attached hydrogens (tertiary/aromatic N) is 2. The van der Waals surface area contributed by atoms with E-state index in [0.717, 1.165) is 17.2 Å². The fraction of sp³-hybridized carbons (Fsp3) is 0.250. The molecule has 1 heterocycles. The normalized spacial score (nSPS) is 10.1. The monoisotopic (exact) mass is 218 g/mol. The summed E-state index contributed by atoms with van der Waals surface area (Å²) in [5.41, 5.74) is 0.978. The molecular weight excluding hydrogens is 204 g/mol. The molecule has 0 bridgehead atoms. The average Bonchev–Trinajstić information content (AvgIpc) is 2.78. The summed E-state index contributed by atoms with van der Waals surface area (Å²) in [6, 6.07) is 7.69. The predicted octanol–water partition coefficient (Wildman–Crippen LogP) is 2.28. The highest BCUT2D eigenvalue weighted by Crippen LogP contribution is 2.16. The molecule has 0 fully saturated rings. The van der Waals surface area contributed by atoms with E-state index in [1.54, 1.807) is 18.0 Å². The Hall–Kier alpha value is -1.97. The summed E-state index contributed by atoms with van der Waals surface area (Å²) in [5.74, 6) is 1.61. The van der Waals surface area contributed by atoms with Gasteiger partial charge in [0.25, 0.3) is 0 Å². The third-order valence-corrected chi connectivity index (χ3v) is 2.21. The van der Waals surface area contributed by atoms with Crippen molar-refractivity contribution in [3.05, 3.63) is 36.7 Å². The van der Waals surface area contributed by atoms with Gasteiger partial charge in [0.2, 0.25) is 0 Å². The van der Waals surface area contributed by atoms with Crippen LogP contribution in [0, 0.1) is 0 Å². The molecule has 0 saturated heterocycles. The number of rotatable bonds is 4. The van der Waals surface area contributed by atoms with Gasteiger partial charge in [0.05, 0.1) is 31.8 Å². The summed E-state index contributed by atoms with van der Waals surface area (Å²) in [6.07, 6.45) is 3.55. The van der Waals surface area contributed by atoms with Gasteiger partial charge in [-0.05, 0) is 31.2 Å². The Balaban J connectivity index is 2.21. The SMILES string of the molecule is CCOc1cnn(-c2ccc(OC)cc2)c1. The van der Waals surface area contributed by atoms with Gasteiger partial charge in [-0.25, -0.2) is 4.68 Å². The second-order valence-electron chi connectivity index (χ2n) is 3.25. The Bertz CT molecular complexity index is 448. The smallest absolute Gasteiger partial charge is 0.157 e. The van der Waals surface area contributed by atoms with Gasteiger partial charge in [-0.15, -0.1) is 0 Å². The molecule has 4 heteroatoms. The molecule has 84 valence electrons. The molecule has 1 aromatic carbocycles. The van der Waals surface area contributed by atoms with E-state index in [1.165, 1.54) is 0 Å². The maximum atomic E-state index is 5.34. The highest BCUT2D eigenvalue weighted by atomic mass is 16.5. The summed E-state index contributed by atoms with van der Waals surface area (Å²) < 4.78 is 12.2. The van der Waals surface area contributed by atoms with Crippen LogP contribution < -0.4 is 9.47 Å². The van der Waals surface area contributed by atoms with Gasteiger partial charge >= 0.3 is 0 Å². The van der Waals surface area contributed by atoms with Gasteiger partial charge in [-0.3, -0.25) is 0 Å². The van der Waals surface area contributed by atoms with Crippen LogP contribution in [0.1, 0.15) is 6.92 Å². The van der Waals surface area contributed by atoms with E-state index < -0.39 is 0 Å². The van der Waals surface area contributed by atoms with E-state index in [2.05, 4.69) is 5.10 Å². The first kappa shape index (κ1) is 10.5. The van der Waals surface area contributed by atoms with Crippen LogP contribution in [0.4, 0.5) is 0 Å². The summed E-state index contributed by atoms with van der Waals surface area (Å²) in [7, 11) is 1.65. The number of methoxy groups -OCH3 is 1. The Kier molecular flexibility index (Phi) is 3.10. The first-order valence-corrected chi connectivity index (χ1v) is 5.15. The number of hydrogen-bond acceptors (Lipinski definition) is 3. The summed E-state index contributed by atoms with van der Waals surface area (Å²) in [6.45, 7) is 2.60.